The first-order chi connectivity index (χ1) is 11.8. The van der Waals surface area contributed by atoms with E-state index < -0.39 is 18.6 Å². The van der Waals surface area contributed by atoms with Crippen molar-refractivity contribution in [3.05, 3.63) is 71.0 Å². The molecule has 0 aliphatic carbocycles. The topological polar surface area (TPSA) is 38.3 Å². The number of benzene rings is 2. The van der Waals surface area contributed by atoms with Crippen LogP contribution in [0.2, 0.25) is 0 Å². The molecule has 0 aliphatic rings. The van der Waals surface area contributed by atoms with Crippen LogP contribution in [0, 0.1) is 5.82 Å². The number of carbonyl (C=O) groups excluding carboxylic acids is 1. The third-order valence-corrected chi connectivity index (χ3v) is 3.36. The van der Waals surface area contributed by atoms with Gasteiger partial charge in [-0.05, 0) is 22.8 Å². The highest BCUT2D eigenvalue weighted by Crippen LogP contribution is 2.16. The van der Waals surface area contributed by atoms with Gasteiger partial charge in [-0.25, -0.2) is 4.39 Å². The quantitative estimate of drug-likeness (QED) is 0.768. The summed E-state index contributed by atoms with van der Waals surface area (Å²) in [5.74, 6) is -0.747. The average Bonchev–Trinajstić information content (AvgIpc) is 2.55. The highest BCUT2D eigenvalue weighted by molar-refractivity contribution is 5.78. The Hall–Kier alpha value is -2.41. The SMILES string of the molecule is O=C(Cc1ccccc1F)NCc1ccc(COCC(F)(F)F)cc1. The lowest BCUT2D eigenvalue weighted by molar-refractivity contribution is -0.176. The molecule has 0 radical (unpaired) electrons. The molecule has 2 rings (SSSR count). The van der Waals surface area contributed by atoms with Crippen molar-refractivity contribution in [3.63, 3.8) is 0 Å². The predicted molar refractivity (Wildman–Crippen MR) is 84.1 cm³/mol. The number of amides is 1. The molecule has 0 unspecified atom stereocenters. The highest BCUT2D eigenvalue weighted by Gasteiger charge is 2.27. The minimum Gasteiger partial charge on any atom is -0.367 e. The molecule has 134 valence electrons. The zero-order valence-corrected chi connectivity index (χ0v) is 13.3. The number of alkyl halides is 3. The van der Waals surface area contributed by atoms with Crippen LogP contribution in [-0.4, -0.2) is 18.7 Å². The molecule has 7 heteroatoms. The average molecular weight is 355 g/mol. The van der Waals surface area contributed by atoms with E-state index in [0.29, 0.717) is 11.1 Å². The summed E-state index contributed by atoms with van der Waals surface area (Å²) in [6, 6.07) is 12.7. The van der Waals surface area contributed by atoms with Crippen LogP contribution in [0.15, 0.2) is 48.5 Å². The van der Waals surface area contributed by atoms with E-state index in [0.717, 1.165) is 5.56 Å². The molecule has 1 amide bonds. The van der Waals surface area contributed by atoms with Gasteiger partial charge in [0.05, 0.1) is 13.0 Å². The van der Waals surface area contributed by atoms with Crippen LogP contribution < -0.4 is 5.32 Å². The Morgan fingerprint density at radius 2 is 1.64 bits per heavy atom. The fourth-order valence-corrected chi connectivity index (χ4v) is 2.12. The molecule has 0 spiro atoms. The molecular formula is C18H17F4NO2. The van der Waals surface area contributed by atoms with Crippen LogP contribution in [0.3, 0.4) is 0 Å². The highest BCUT2D eigenvalue weighted by atomic mass is 19.4. The summed E-state index contributed by atoms with van der Waals surface area (Å²) >= 11 is 0. The summed E-state index contributed by atoms with van der Waals surface area (Å²) in [4.78, 5) is 11.8. The van der Waals surface area contributed by atoms with Crippen LogP contribution in [0.1, 0.15) is 16.7 Å². The molecule has 0 heterocycles. The van der Waals surface area contributed by atoms with Crippen LogP contribution >= 0.6 is 0 Å². The monoisotopic (exact) mass is 355 g/mol. The van der Waals surface area contributed by atoms with Gasteiger partial charge in [-0.3, -0.25) is 4.79 Å². The molecule has 1 N–H and O–H groups in total. The van der Waals surface area contributed by atoms with Crippen molar-refractivity contribution in [3.8, 4) is 0 Å². The number of halogens is 4. The van der Waals surface area contributed by atoms with Crippen molar-refractivity contribution in [1.29, 1.82) is 0 Å². The molecule has 0 saturated carbocycles. The van der Waals surface area contributed by atoms with Crippen molar-refractivity contribution in [2.75, 3.05) is 6.61 Å². The van der Waals surface area contributed by atoms with Crippen LogP contribution in [0.5, 0.6) is 0 Å². The zero-order chi connectivity index (χ0) is 18.3. The molecule has 0 aromatic heterocycles. The van der Waals surface area contributed by atoms with Crippen LogP contribution in [0.25, 0.3) is 0 Å². The molecule has 0 aliphatic heterocycles. The third kappa shape index (κ3) is 6.93. The fraction of sp³-hybridized carbons (Fsp3) is 0.278. The van der Waals surface area contributed by atoms with E-state index in [9.17, 15) is 22.4 Å². The Morgan fingerprint density at radius 1 is 1.00 bits per heavy atom. The molecule has 0 bridgehead atoms. The van der Waals surface area contributed by atoms with E-state index in [2.05, 4.69) is 10.1 Å². The second-order valence-corrected chi connectivity index (χ2v) is 5.47. The number of ether oxygens (including phenoxy) is 1. The summed E-state index contributed by atoms with van der Waals surface area (Å²) in [5, 5.41) is 2.67. The van der Waals surface area contributed by atoms with E-state index >= 15 is 0 Å². The Morgan fingerprint density at radius 3 is 2.28 bits per heavy atom. The van der Waals surface area contributed by atoms with Crippen LogP contribution in [0.4, 0.5) is 17.6 Å². The van der Waals surface area contributed by atoms with Gasteiger partial charge in [0.2, 0.25) is 5.91 Å². The number of hydrogen-bond acceptors (Lipinski definition) is 2. The van der Waals surface area contributed by atoms with E-state index in [1.807, 2.05) is 0 Å². The molecule has 2 aromatic rings. The van der Waals surface area contributed by atoms with Crippen molar-refractivity contribution < 1.29 is 27.1 Å². The smallest absolute Gasteiger partial charge is 0.367 e. The van der Waals surface area contributed by atoms with E-state index in [1.165, 1.54) is 6.07 Å². The summed E-state index contributed by atoms with van der Waals surface area (Å²) in [6.07, 6.45) is -4.40. The fourth-order valence-electron chi connectivity index (χ4n) is 2.12. The molecule has 0 fully saturated rings. The largest absolute Gasteiger partial charge is 0.411 e. The van der Waals surface area contributed by atoms with Gasteiger partial charge in [-0.15, -0.1) is 0 Å². The van der Waals surface area contributed by atoms with Crippen molar-refractivity contribution in [2.45, 2.75) is 25.7 Å². The number of carbonyl (C=O) groups is 1. The first-order valence-electron chi connectivity index (χ1n) is 7.56. The summed E-state index contributed by atoms with van der Waals surface area (Å²) in [5.41, 5.74) is 1.70. The molecular weight excluding hydrogens is 338 g/mol. The van der Waals surface area contributed by atoms with Gasteiger partial charge in [0.25, 0.3) is 0 Å². The minimum atomic E-state index is -4.34. The Balaban J connectivity index is 1.77. The van der Waals surface area contributed by atoms with Gasteiger partial charge in [0.1, 0.15) is 12.4 Å². The van der Waals surface area contributed by atoms with Gasteiger partial charge in [-0.1, -0.05) is 42.5 Å². The van der Waals surface area contributed by atoms with Crippen molar-refractivity contribution >= 4 is 5.91 Å². The van der Waals surface area contributed by atoms with E-state index in [1.54, 1.807) is 42.5 Å². The molecule has 0 atom stereocenters. The lowest BCUT2D eigenvalue weighted by Crippen LogP contribution is -2.24. The Kier molecular flexibility index (Phi) is 6.52. The van der Waals surface area contributed by atoms with Gasteiger partial charge < -0.3 is 10.1 Å². The maximum absolute atomic E-state index is 13.5. The number of rotatable bonds is 7. The maximum Gasteiger partial charge on any atom is 0.411 e. The third-order valence-electron chi connectivity index (χ3n) is 3.36. The zero-order valence-electron chi connectivity index (χ0n) is 13.3. The molecule has 2 aromatic carbocycles. The number of nitrogens with one attached hydrogen (secondary N) is 1. The van der Waals surface area contributed by atoms with Crippen LogP contribution in [-0.2, 0) is 29.1 Å². The predicted octanol–water partition coefficient (Wildman–Crippen LogP) is 3.76. The number of hydrogen-bond donors (Lipinski definition) is 1. The van der Waals surface area contributed by atoms with Gasteiger partial charge in [-0.2, -0.15) is 13.2 Å². The van der Waals surface area contributed by atoms with Gasteiger partial charge in [0.15, 0.2) is 0 Å². The summed E-state index contributed by atoms with van der Waals surface area (Å²) in [6.45, 7) is -1.18. The minimum absolute atomic E-state index is 0.0595. The second-order valence-electron chi connectivity index (χ2n) is 5.47. The Labute approximate surface area is 142 Å². The van der Waals surface area contributed by atoms with Gasteiger partial charge >= 0.3 is 6.18 Å². The van der Waals surface area contributed by atoms with Crippen molar-refractivity contribution in [2.24, 2.45) is 0 Å². The lowest BCUT2D eigenvalue weighted by atomic mass is 10.1. The normalized spacial score (nSPS) is 11.4. The maximum atomic E-state index is 13.5. The van der Waals surface area contributed by atoms with E-state index in [4.69, 9.17) is 0 Å². The second kappa shape index (κ2) is 8.62. The summed E-state index contributed by atoms with van der Waals surface area (Å²) < 4.78 is 54.0. The van der Waals surface area contributed by atoms with Gasteiger partial charge in [0, 0.05) is 6.54 Å². The van der Waals surface area contributed by atoms with E-state index in [-0.39, 0.29) is 25.5 Å². The summed E-state index contributed by atoms with van der Waals surface area (Å²) in [7, 11) is 0. The first kappa shape index (κ1) is 18.9. The van der Waals surface area contributed by atoms with Crippen molar-refractivity contribution in [1.82, 2.24) is 5.32 Å². The molecule has 0 saturated heterocycles. The Bertz CT molecular complexity index is 699. The lowest BCUT2D eigenvalue weighted by Gasteiger charge is -2.09. The first-order valence-corrected chi connectivity index (χ1v) is 7.56. The molecule has 3 nitrogen and oxygen atoms in total. The standard InChI is InChI=1S/C18H17F4NO2/c19-16-4-2-1-3-15(16)9-17(24)23-10-13-5-7-14(8-6-13)11-25-12-18(20,21)22/h1-8H,9-12H2,(H,23,24). The molecule has 25 heavy (non-hydrogen) atoms.